The van der Waals surface area contributed by atoms with Crippen molar-refractivity contribution < 1.29 is 14.3 Å². The predicted molar refractivity (Wildman–Crippen MR) is 94.4 cm³/mol. The van der Waals surface area contributed by atoms with Crippen molar-refractivity contribution in [2.24, 2.45) is 5.92 Å². The van der Waals surface area contributed by atoms with Gasteiger partial charge in [0.2, 0.25) is 0 Å². The van der Waals surface area contributed by atoms with Crippen LogP contribution in [-0.2, 0) is 14.3 Å². The van der Waals surface area contributed by atoms with Gasteiger partial charge in [-0.15, -0.1) is 0 Å². The molecule has 1 aliphatic heterocycles. The summed E-state index contributed by atoms with van der Waals surface area (Å²) in [5.41, 5.74) is 0. The van der Waals surface area contributed by atoms with Gasteiger partial charge in [-0.05, 0) is 12.8 Å². The Labute approximate surface area is 142 Å². The van der Waals surface area contributed by atoms with Gasteiger partial charge < -0.3 is 4.74 Å². The first-order valence-electron chi connectivity index (χ1n) is 9.92. The van der Waals surface area contributed by atoms with E-state index in [1.807, 2.05) is 0 Å². The van der Waals surface area contributed by atoms with Crippen LogP contribution in [-0.4, -0.2) is 18.4 Å². The molecule has 134 valence electrons. The Balaban J connectivity index is 1.80. The first-order chi connectivity index (χ1) is 11.2. The molecule has 0 N–H and O–H groups in total. The second-order valence-electron chi connectivity index (χ2n) is 7.03. The second kappa shape index (κ2) is 13.6. The fourth-order valence-electron chi connectivity index (χ4n) is 3.26. The number of ketones is 1. The van der Waals surface area contributed by atoms with E-state index in [0.717, 1.165) is 19.3 Å². The third-order valence-corrected chi connectivity index (χ3v) is 4.83. The highest BCUT2D eigenvalue weighted by Crippen LogP contribution is 2.20. The van der Waals surface area contributed by atoms with Crippen LogP contribution >= 0.6 is 0 Å². The van der Waals surface area contributed by atoms with Gasteiger partial charge in [0, 0.05) is 12.8 Å². The molecule has 1 unspecified atom stereocenters. The van der Waals surface area contributed by atoms with Crippen molar-refractivity contribution in [3.05, 3.63) is 0 Å². The molecule has 0 aromatic heterocycles. The first-order valence-corrected chi connectivity index (χ1v) is 9.92. The molecular weight excluding hydrogens is 288 g/mol. The van der Waals surface area contributed by atoms with Gasteiger partial charge in [-0.25, -0.2) is 0 Å². The van der Waals surface area contributed by atoms with Crippen LogP contribution in [0.1, 0.15) is 103 Å². The zero-order valence-electron chi connectivity index (χ0n) is 15.1. The number of hydrogen-bond donors (Lipinski definition) is 0. The van der Waals surface area contributed by atoms with Gasteiger partial charge >= 0.3 is 5.97 Å². The second-order valence-corrected chi connectivity index (χ2v) is 7.03. The Bertz CT molecular complexity index is 325. The maximum Gasteiger partial charge on any atom is 0.309 e. The van der Waals surface area contributed by atoms with Crippen molar-refractivity contribution in [2.45, 2.75) is 103 Å². The highest BCUT2D eigenvalue weighted by molar-refractivity contribution is 5.85. The molecule has 1 rings (SSSR count). The summed E-state index contributed by atoms with van der Waals surface area (Å²) in [4.78, 5) is 23.1. The molecule has 1 saturated heterocycles. The molecule has 0 aromatic rings. The van der Waals surface area contributed by atoms with Crippen molar-refractivity contribution in [3.63, 3.8) is 0 Å². The van der Waals surface area contributed by atoms with E-state index in [4.69, 9.17) is 4.74 Å². The van der Waals surface area contributed by atoms with Crippen LogP contribution in [0.25, 0.3) is 0 Å². The fraction of sp³-hybridized carbons (Fsp3) is 0.900. The zero-order valence-corrected chi connectivity index (χ0v) is 15.1. The summed E-state index contributed by atoms with van der Waals surface area (Å²) in [6.07, 6.45) is 17.5. The van der Waals surface area contributed by atoms with E-state index in [1.54, 1.807) is 0 Å². The van der Waals surface area contributed by atoms with Crippen LogP contribution in [0.2, 0.25) is 0 Å². The smallest absolute Gasteiger partial charge is 0.309 e. The molecule has 0 spiro atoms. The SMILES string of the molecule is CCCCCCCCCCCCCCC(=O)CC1CCOC1=O. The van der Waals surface area contributed by atoms with Crippen LogP contribution in [0, 0.1) is 5.92 Å². The Morgan fingerprint density at radius 3 is 1.91 bits per heavy atom. The summed E-state index contributed by atoms with van der Waals surface area (Å²) in [7, 11) is 0. The van der Waals surface area contributed by atoms with Crippen LogP contribution in [0.5, 0.6) is 0 Å². The van der Waals surface area contributed by atoms with Crippen molar-refractivity contribution >= 4 is 11.8 Å². The minimum Gasteiger partial charge on any atom is -0.465 e. The van der Waals surface area contributed by atoms with Crippen LogP contribution in [0.15, 0.2) is 0 Å². The van der Waals surface area contributed by atoms with E-state index in [-0.39, 0.29) is 17.7 Å². The molecule has 0 saturated carbocycles. The van der Waals surface area contributed by atoms with Gasteiger partial charge in [0.15, 0.2) is 0 Å². The number of hydrogen-bond acceptors (Lipinski definition) is 3. The molecule has 1 aliphatic rings. The van der Waals surface area contributed by atoms with E-state index in [0.29, 0.717) is 19.4 Å². The number of rotatable bonds is 15. The van der Waals surface area contributed by atoms with Gasteiger partial charge in [0.1, 0.15) is 5.78 Å². The quantitative estimate of drug-likeness (QED) is 0.291. The average molecular weight is 325 g/mol. The monoisotopic (exact) mass is 324 g/mol. The lowest BCUT2D eigenvalue weighted by Gasteiger charge is -2.05. The third kappa shape index (κ3) is 10.5. The molecule has 1 fully saturated rings. The van der Waals surface area contributed by atoms with Gasteiger partial charge in [0.25, 0.3) is 0 Å². The van der Waals surface area contributed by atoms with Gasteiger partial charge in [-0.1, -0.05) is 77.6 Å². The lowest BCUT2D eigenvalue weighted by Crippen LogP contribution is -2.13. The van der Waals surface area contributed by atoms with Crippen molar-refractivity contribution in [1.29, 1.82) is 0 Å². The molecular formula is C20H36O3. The molecule has 0 aliphatic carbocycles. The van der Waals surface area contributed by atoms with E-state index in [2.05, 4.69) is 6.92 Å². The normalized spacial score (nSPS) is 17.4. The minimum absolute atomic E-state index is 0.153. The van der Waals surface area contributed by atoms with Crippen LogP contribution < -0.4 is 0 Å². The predicted octanol–water partition coefficient (Wildman–Crippen LogP) is 5.60. The molecule has 3 nitrogen and oxygen atoms in total. The number of carbonyl (C=O) groups excluding carboxylic acids is 2. The molecule has 3 heteroatoms. The van der Waals surface area contributed by atoms with E-state index in [1.165, 1.54) is 64.2 Å². The Morgan fingerprint density at radius 1 is 0.913 bits per heavy atom. The highest BCUT2D eigenvalue weighted by atomic mass is 16.5. The Hall–Kier alpha value is -0.860. The average Bonchev–Trinajstić information content (AvgIpc) is 2.93. The number of unbranched alkanes of at least 4 members (excludes halogenated alkanes) is 11. The van der Waals surface area contributed by atoms with E-state index in [9.17, 15) is 9.59 Å². The van der Waals surface area contributed by atoms with Crippen molar-refractivity contribution in [2.75, 3.05) is 6.61 Å². The summed E-state index contributed by atoms with van der Waals surface area (Å²) < 4.78 is 4.89. The largest absolute Gasteiger partial charge is 0.465 e. The lowest BCUT2D eigenvalue weighted by atomic mass is 9.98. The molecule has 1 heterocycles. The third-order valence-electron chi connectivity index (χ3n) is 4.83. The summed E-state index contributed by atoms with van der Waals surface area (Å²) in [5.74, 6) is -0.0891. The number of cyclic esters (lactones) is 1. The fourth-order valence-corrected chi connectivity index (χ4v) is 3.26. The minimum atomic E-state index is -0.173. The van der Waals surface area contributed by atoms with E-state index >= 15 is 0 Å². The van der Waals surface area contributed by atoms with Crippen molar-refractivity contribution in [1.82, 2.24) is 0 Å². The maximum atomic E-state index is 11.8. The van der Waals surface area contributed by atoms with Gasteiger partial charge in [-0.2, -0.15) is 0 Å². The standard InChI is InChI=1S/C20H36O3/c1-2-3-4-5-6-7-8-9-10-11-12-13-14-19(21)17-18-15-16-23-20(18)22/h18H,2-17H2,1H3. The topological polar surface area (TPSA) is 43.4 Å². The number of carbonyl (C=O) groups is 2. The summed E-state index contributed by atoms with van der Waals surface area (Å²) in [5, 5.41) is 0. The number of esters is 1. The molecule has 23 heavy (non-hydrogen) atoms. The summed E-state index contributed by atoms with van der Waals surface area (Å²) >= 11 is 0. The molecule has 0 bridgehead atoms. The molecule has 0 amide bonds. The zero-order chi connectivity index (χ0) is 16.8. The Kier molecular flexibility index (Phi) is 11.9. The molecule has 1 atom stereocenters. The summed E-state index contributed by atoms with van der Waals surface area (Å²) in [6.45, 7) is 2.76. The van der Waals surface area contributed by atoms with Gasteiger partial charge in [0.05, 0.1) is 12.5 Å². The summed E-state index contributed by atoms with van der Waals surface area (Å²) in [6, 6.07) is 0. The molecule has 0 radical (unpaired) electrons. The van der Waals surface area contributed by atoms with Gasteiger partial charge in [-0.3, -0.25) is 9.59 Å². The molecule has 0 aromatic carbocycles. The highest BCUT2D eigenvalue weighted by Gasteiger charge is 2.28. The number of ether oxygens (including phenoxy) is 1. The maximum absolute atomic E-state index is 11.8. The van der Waals surface area contributed by atoms with Crippen LogP contribution in [0.3, 0.4) is 0 Å². The lowest BCUT2D eigenvalue weighted by molar-refractivity contribution is -0.142. The van der Waals surface area contributed by atoms with E-state index < -0.39 is 0 Å². The first kappa shape index (κ1) is 20.2. The van der Waals surface area contributed by atoms with Crippen LogP contribution in [0.4, 0.5) is 0 Å². The Morgan fingerprint density at radius 2 is 1.43 bits per heavy atom. The number of Topliss-reactive ketones (excluding diaryl/α,β-unsaturated/α-hetero) is 1. The van der Waals surface area contributed by atoms with Crippen molar-refractivity contribution in [3.8, 4) is 0 Å².